The van der Waals surface area contributed by atoms with Crippen LogP contribution in [0.25, 0.3) is 0 Å². The van der Waals surface area contributed by atoms with Crippen molar-refractivity contribution < 1.29 is 5.11 Å². The molecule has 0 spiro atoms. The highest BCUT2D eigenvalue weighted by molar-refractivity contribution is 6.31. The van der Waals surface area contributed by atoms with Gasteiger partial charge in [0.25, 0.3) is 0 Å². The maximum absolute atomic E-state index is 9.48. The first-order chi connectivity index (χ1) is 10.5. The van der Waals surface area contributed by atoms with Gasteiger partial charge in [-0.1, -0.05) is 48.0 Å². The molecule has 4 heteroatoms. The molecule has 3 nitrogen and oxygen atoms in total. The summed E-state index contributed by atoms with van der Waals surface area (Å²) in [7, 11) is 4.16. The molecule has 0 aliphatic heterocycles. The van der Waals surface area contributed by atoms with Gasteiger partial charge in [-0.25, -0.2) is 0 Å². The summed E-state index contributed by atoms with van der Waals surface area (Å²) in [6.07, 6.45) is 0. The van der Waals surface area contributed by atoms with E-state index >= 15 is 0 Å². The highest BCUT2D eigenvalue weighted by atomic mass is 35.5. The first-order valence-electron chi connectivity index (χ1n) is 7.43. The van der Waals surface area contributed by atoms with Crippen LogP contribution in [0.15, 0.2) is 48.5 Å². The van der Waals surface area contributed by atoms with Gasteiger partial charge >= 0.3 is 0 Å². The van der Waals surface area contributed by atoms with Gasteiger partial charge in [0.05, 0.1) is 0 Å². The second-order valence-electron chi connectivity index (χ2n) is 5.78. The van der Waals surface area contributed by atoms with Gasteiger partial charge in [0.15, 0.2) is 0 Å². The molecule has 0 bridgehead atoms. The summed E-state index contributed by atoms with van der Waals surface area (Å²) in [6.45, 7) is 3.59. The first-order valence-corrected chi connectivity index (χ1v) is 7.81. The number of hydrogen-bond acceptors (Lipinski definition) is 3. The third-order valence-corrected chi connectivity index (χ3v) is 3.89. The van der Waals surface area contributed by atoms with Gasteiger partial charge in [0.2, 0.25) is 0 Å². The molecule has 0 unspecified atom stereocenters. The summed E-state index contributed by atoms with van der Waals surface area (Å²) in [5.74, 6) is 0.205. The molecule has 118 valence electrons. The number of rotatable bonds is 7. The fourth-order valence-corrected chi connectivity index (χ4v) is 2.54. The van der Waals surface area contributed by atoms with Crippen molar-refractivity contribution in [2.24, 2.45) is 0 Å². The Bertz CT molecular complexity index is 587. The van der Waals surface area contributed by atoms with Crippen LogP contribution in [0.2, 0.25) is 5.02 Å². The Morgan fingerprint density at radius 2 is 1.68 bits per heavy atom. The largest absolute Gasteiger partial charge is 0.508 e. The smallest absolute Gasteiger partial charge is 0.117 e. The minimum atomic E-state index is 0.205. The van der Waals surface area contributed by atoms with Crippen LogP contribution in [-0.2, 0) is 13.1 Å². The molecule has 0 atom stereocenters. The number of aromatic hydroxyl groups is 1. The van der Waals surface area contributed by atoms with E-state index in [0.717, 1.165) is 31.7 Å². The number of phenolic OH excluding ortho intramolecular Hbond substituents is 1. The second-order valence-corrected chi connectivity index (χ2v) is 6.18. The number of benzene rings is 2. The van der Waals surface area contributed by atoms with E-state index in [-0.39, 0.29) is 5.75 Å². The van der Waals surface area contributed by atoms with Crippen LogP contribution in [-0.4, -0.2) is 42.1 Å². The molecule has 0 aromatic heterocycles. The highest BCUT2D eigenvalue weighted by Gasteiger charge is 2.10. The van der Waals surface area contributed by atoms with Gasteiger partial charge in [-0.15, -0.1) is 0 Å². The van der Waals surface area contributed by atoms with Gasteiger partial charge in [-0.2, -0.15) is 0 Å². The first kappa shape index (κ1) is 16.8. The molecule has 0 heterocycles. The molecular weight excluding hydrogens is 296 g/mol. The molecule has 0 aliphatic carbocycles. The zero-order valence-electron chi connectivity index (χ0n) is 13.2. The molecule has 0 aliphatic rings. The summed E-state index contributed by atoms with van der Waals surface area (Å²) in [5.41, 5.74) is 2.32. The Kier molecular flexibility index (Phi) is 6.25. The quantitative estimate of drug-likeness (QED) is 0.845. The van der Waals surface area contributed by atoms with Crippen molar-refractivity contribution in [1.82, 2.24) is 9.80 Å². The Morgan fingerprint density at radius 3 is 2.32 bits per heavy atom. The van der Waals surface area contributed by atoms with Gasteiger partial charge in [-0.05, 0) is 37.4 Å². The predicted molar refractivity (Wildman–Crippen MR) is 92.2 cm³/mol. The summed E-state index contributed by atoms with van der Waals surface area (Å²) in [4.78, 5) is 4.55. The van der Waals surface area contributed by atoms with Crippen LogP contribution >= 0.6 is 11.6 Å². The van der Waals surface area contributed by atoms with E-state index in [1.165, 1.54) is 5.56 Å². The van der Waals surface area contributed by atoms with Crippen LogP contribution in [0.3, 0.4) is 0 Å². The molecule has 0 saturated carbocycles. The van der Waals surface area contributed by atoms with E-state index in [0.29, 0.717) is 5.02 Å². The molecule has 0 amide bonds. The fourth-order valence-electron chi connectivity index (χ4n) is 2.30. The monoisotopic (exact) mass is 318 g/mol. The number of halogens is 1. The lowest BCUT2D eigenvalue weighted by Gasteiger charge is -2.25. The lowest BCUT2D eigenvalue weighted by Crippen LogP contribution is -2.31. The topological polar surface area (TPSA) is 26.7 Å². The van der Waals surface area contributed by atoms with Crippen molar-refractivity contribution in [1.29, 1.82) is 0 Å². The van der Waals surface area contributed by atoms with E-state index in [4.69, 9.17) is 11.6 Å². The van der Waals surface area contributed by atoms with Crippen molar-refractivity contribution >= 4 is 11.6 Å². The van der Waals surface area contributed by atoms with Crippen molar-refractivity contribution in [2.45, 2.75) is 13.1 Å². The Morgan fingerprint density at radius 1 is 0.955 bits per heavy atom. The van der Waals surface area contributed by atoms with E-state index < -0.39 is 0 Å². The van der Waals surface area contributed by atoms with Crippen LogP contribution < -0.4 is 0 Å². The summed E-state index contributed by atoms with van der Waals surface area (Å²) >= 11 is 6.24. The maximum Gasteiger partial charge on any atom is 0.117 e. The van der Waals surface area contributed by atoms with Gasteiger partial charge < -0.3 is 10.0 Å². The molecule has 0 saturated heterocycles. The lowest BCUT2D eigenvalue weighted by molar-refractivity contribution is 0.226. The molecular formula is C18H23ClN2O. The third-order valence-electron chi connectivity index (χ3n) is 3.54. The summed E-state index contributed by atoms with van der Waals surface area (Å²) in [5, 5.41) is 10.1. The lowest BCUT2D eigenvalue weighted by atomic mass is 10.1. The SMILES string of the molecule is CN(C)CCN(Cc1ccccc1)Cc1ccc(O)cc1Cl. The van der Waals surface area contributed by atoms with Gasteiger partial charge in [0.1, 0.15) is 5.75 Å². The molecule has 1 N–H and O–H groups in total. The summed E-state index contributed by atoms with van der Waals surface area (Å²) in [6, 6.07) is 15.6. The average molecular weight is 319 g/mol. The number of nitrogens with zero attached hydrogens (tertiary/aromatic N) is 2. The van der Waals surface area contributed by atoms with Crippen molar-refractivity contribution in [3.05, 3.63) is 64.7 Å². The Hall–Kier alpha value is -1.55. The van der Waals surface area contributed by atoms with Crippen molar-refractivity contribution in [2.75, 3.05) is 27.2 Å². The Balaban J connectivity index is 2.09. The van der Waals surface area contributed by atoms with Crippen LogP contribution in [0.5, 0.6) is 5.75 Å². The highest BCUT2D eigenvalue weighted by Crippen LogP contribution is 2.23. The standard InChI is InChI=1S/C18H23ClN2O/c1-20(2)10-11-21(13-15-6-4-3-5-7-15)14-16-8-9-17(22)12-18(16)19/h3-9,12,22H,10-11,13-14H2,1-2H3. The molecule has 0 fully saturated rings. The van der Waals surface area contributed by atoms with Crippen molar-refractivity contribution in [3.63, 3.8) is 0 Å². The molecule has 22 heavy (non-hydrogen) atoms. The predicted octanol–water partition coefficient (Wildman–Crippen LogP) is 3.61. The molecule has 0 radical (unpaired) electrons. The average Bonchev–Trinajstić information content (AvgIpc) is 2.48. The zero-order chi connectivity index (χ0) is 15.9. The van der Waals surface area contributed by atoms with E-state index in [1.807, 2.05) is 12.1 Å². The van der Waals surface area contributed by atoms with Gasteiger partial charge in [-0.3, -0.25) is 4.90 Å². The summed E-state index contributed by atoms with van der Waals surface area (Å²) < 4.78 is 0. The number of hydrogen-bond donors (Lipinski definition) is 1. The van der Waals surface area contributed by atoms with Gasteiger partial charge in [0, 0.05) is 31.2 Å². The van der Waals surface area contributed by atoms with Crippen LogP contribution in [0, 0.1) is 0 Å². The maximum atomic E-state index is 9.48. The van der Waals surface area contributed by atoms with E-state index in [1.54, 1.807) is 12.1 Å². The molecule has 2 aromatic carbocycles. The Labute approximate surface area is 137 Å². The molecule has 2 aromatic rings. The minimum absolute atomic E-state index is 0.205. The fraction of sp³-hybridized carbons (Fsp3) is 0.333. The third kappa shape index (κ3) is 5.34. The second kappa shape index (κ2) is 8.18. The van der Waals surface area contributed by atoms with Crippen LogP contribution in [0.4, 0.5) is 0 Å². The molecule has 2 rings (SSSR count). The minimum Gasteiger partial charge on any atom is -0.508 e. The van der Waals surface area contributed by atoms with E-state index in [2.05, 4.69) is 48.2 Å². The normalized spacial score (nSPS) is 11.3. The van der Waals surface area contributed by atoms with Crippen molar-refractivity contribution in [3.8, 4) is 5.75 Å². The number of phenols is 1. The number of likely N-dealkylation sites (N-methyl/N-ethyl adjacent to an activating group) is 1. The van der Waals surface area contributed by atoms with Crippen LogP contribution in [0.1, 0.15) is 11.1 Å². The van der Waals surface area contributed by atoms with E-state index in [9.17, 15) is 5.11 Å². The zero-order valence-corrected chi connectivity index (χ0v) is 13.9.